The van der Waals surface area contributed by atoms with Crippen molar-refractivity contribution in [2.75, 3.05) is 0 Å². The maximum Gasteiger partial charge on any atom is 0.174 e. The van der Waals surface area contributed by atoms with E-state index in [1.54, 1.807) is 16.6 Å². The van der Waals surface area contributed by atoms with Crippen LogP contribution in [0.3, 0.4) is 0 Å². The Hall–Kier alpha value is -2.95. The van der Waals surface area contributed by atoms with Crippen LogP contribution in [0.25, 0.3) is 11.7 Å². The van der Waals surface area contributed by atoms with Crippen molar-refractivity contribution in [2.24, 2.45) is 28.6 Å². The molecular formula is C34H48N4O3. The topological polar surface area (TPSA) is 92.7 Å². The molecule has 1 aliphatic carbocycles. The molecule has 1 N–H and O–H groups in total. The third kappa shape index (κ3) is 6.44. The first-order valence-corrected chi connectivity index (χ1v) is 14.8. The van der Waals surface area contributed by atoms with E-state index in [2.05, 4.69) is 75.3 Å². The van der Waals surface area contributed by atoms with Crippen LogP contribution in [0.4, 0.5) is 0 Å². The lowest BCUT2D eigenvalue weighted by Crippen LogP contribution is -2.48. The Morgan fingerprint density at radius 2 is 1.66 bits per heavy atom. The second-order valence-corrected chi connectivity index (χ2v) is 15.3. The van der Waals surface area contributed by atoms with E-state index in [1.807, 2.05) is 19.1 Å². The lowest BCUT2D eigenvalue weighted by Gasteiger charge is -2.49. The Kier molecular flexibility index (Phi) is 8.34. The summed E-state index contributed by atoms with van der Waals surface area (Å²) in [6, 6.07) is 7.62. The smallest absolute Gasteiger partial charge is 0.174 e. The third-order valence-corrected chi connectivity index (χ3v) is 8.71. The molecule has 2 heterocycles. The van der Waals surface area contributed by atoms with Crippen LogP contribution in [-0.2, 0) is 21.8 Å². The Morgan fingerprint density at radius 3 is 2.17 bits per heavy atom. The van der Waals surface area contributed by atoms with Gasteiger partial charge in [-0.25, -0.2) is 19.3 Å². The van der Waals surface area contributed by atoms with Crippen LogP contribution in [0, 0.1) is 46.8 Å². The number of nitrogens with zero attached hydrogens (tertiary/aromatic N) is 4. The second kappa shape index (κ2) is 11.0. The van der Waals surface area contributed by atoms with Gasteiger partial charge in [0, 0.05) is 11.0 Å². The molecule has 1 aromatic carbocycles. The minimum Gasteiger partial charge on any atom is -0.508 e. The van der Waals surface area contributed by atoms with Crippen molar-refractivity contribution in [3.63, 3.8) is 0 Å². The standard InChI is InChI=1S/C34H48N4O3/c1-20-14-26(32(3,4)5)29(27(15-20)33(6,7)8)41-40-19-25-24(18-35)30-36-31(34(9,10)11)37-38(30)28(25)17-22-12-13-23(39)16-21(22)2/h12-13,16-17,20,26-27,29,39H,14-15,19H2,1-11H3. The SMILES string of the molecule is Cc1cc(O)ccc1C=c1c(COOC2C(C(C)(C)C)CC(C)CC2C(C)(C)C)c(C#N)c2nc(C(C)(C)C)nn12. The number of nitriles is 1. The van der Waals surface area contributed by atoms with Gasteiger partial charge < -0.3 is 5.11 Å². The molecule has 0 bridgehead atoms. The predicted molar refractivity (Wildman–Crippen MR) is 162 cm³/mol. The second-order valence-electron chi connectivity index (χ2n) is 15.3. The summed E-state index contributed by atoms with van der Waals surface area (Å²) in [4.78, 5) is 17.3. The Bertz CT molecular complexity index is 1470. The van der Waals surface area contributed by atoms with E-state index in [-0.39, 0.29) is 34.7 Å². The van der Waals surface area contributed by atoms with Gasteiger partial charge in [-0.3, -0.25) is 0 Å². The van der Waals surface area contributed by atoms with Gasteiger partial charge in [0.1, 0.15) is 24.0 Å². The summed E-state index contributed by atoms with van der Waals surface area (Å²) in [5.41, 5.74) is 3.33. The summed E-state index contributed by atoms with van der Waals surface area (Å²) in [7, 11) is 0. The molecule has 2 unspecified atom stereocenters. The minimum absolute atomic E-state index is 0.0619. The molecule has 0 saturated heterocycles. The fourth-order valence-corrected chi connectivity index (χ4v) is 6.24. The summed E-state index contributed by atoms with van der Waals surface area (Å²) in [6.07, 6.45) is 4.11. The number of aromatic hydroxyl groups is 1. The number of aromatic nitrogens is 3. The number of aryl methyl sites for hydroxylation is 1. The number of hydrogen-bond donors (Lipinski definition) is 1. The highest BCUT2D eigenvalue weighted by atomic mass is 17.2. The van der Waals surface area contributed by atoms with E-state index in [9.17, 15) is 10.4 Å². The van der Waals surface area contributed by atoms with Crippen LogP contribution < -0.4 is 5.35 Å². The van der Waals surface area contributed by atoms with Gasteiger partial charge in [0.25, 0.3) is 0 Å². The molecule has 4 rings (SSSR count). The maximum atomic E-state index is 10.3. The van der Waals surface area contributed by atoms with Crippen molar-refractivity contribution in [1.82, 2.24) is 14.6 Å². The zero-order valence-corrected chi connectivity index (χ0v) is 26.8. The molecule has 0 radical (unpaired) electrons. The highest BCUT2D eigenvalue weighted by molar-refractivity contribution is 5.65. The van der Waals surface area contributed by atoms with Gasteiger partial charge in [-0.05, 0) is 77.7 Å². The maximum absolute atomic E-state index is 10.3. The van der Waals surface area contributed by atoms with E-state index in [0.29, 0.717) is 40.4 Å². The molecule has 2 atom stereocenters. The van der Waals surface area contributed by atoms with E-state index < -0.39 is 0 Å². The lowest BCUT2D eigenvalue weighted by atomic mass is 9.59. The Balaban J connectivity index is 1.78. The normalized spacial score (nSPS) is 22.8. The van der Waals surface area contributed by atoms with Crippen molar-refractivity contribution in [2.45, 2.75) is 107 Å². The molecule has 222 valence electrons. The summed E-state index contributed by atoms with van der Waals surface area (Å²) < 4.78 is 1.75. The van der Waals surface area contributed by atoms with Gasteiger partial charge in [-0.2, -0.15) is 10.4 Å². The quantitative estimate of drug-likeness (QED) is 0.266. The van der Waals surface area contributed by atoms with Crippen LogP contribution in [0.2, 0.25) is 0 Å². The van der Waals surface area contributed by atoms with Crippen molar-refractivity contribution >= 4 is 11.7 Å². The van der Waals surface area contributed by atoms with Gasteiger partial charge in [0.15, 0.2) is 11.5 Å². The van der Waals surface area contributed by atoms with Crippen molar-refractivity contribution < 1.29 is 14.9 Å². The van der Waals surface area contributed by atoms with Crippen LogP contribution in [0.1, 0.15) is 110 Å². The molecule has 41 heavy (non-hydrogen) atoms. The van der Waals surface area contributed by atoms with Crippen molar-refractivity contribution in [1.29, 1.82) is 5.26 Å². The number of phenolic OH excluding ortho intramolecular Hbond substituents is 1. The van der Waals surface area contributed by atoms with Crippen molar-refractivity contribution in [3.05, 3.63) is 51.6 Å². The first kappa shape index (κ1) is 31.0. The molecule has 2 aromatic heterocycles. The molecule has 1 aliphatic rings. The molecule has 0 spiro atoms. The van der Waals surface area contributed by atoms with Gasteiger partial charge in [0.2, 0.25) is 0 Å². The highest BCUT2D eigenvalue weighted by Gasteiger charge is 2.47. The minimum atomic E-state index is -0.278. The number of benzene rings is 1. The van der Waals surface area contributed by atoms with E-state index in [1.165, 1.54) is 0 Å². The van der Waals surface area contributed by atoms with Crippen LogP contribution in [-0.4, -0.2) is 25.8 Å². The molecule has 7 heteroatoms. The molecule has 3 aromatic rings. The number of rotatable bonds is 5. The van der Waals surface area contributed by atoms with Gasteiger partial charge in [-0.15, -0.1) is 0 Å². The predicted octanol–water partition coefficient (Wildman–Crippen LogP) is 7.03. The Labute approximate surface area is 245 Å². The van der Waals surface area contributed by atoms with Gasteiger partial charge in [0.05, 0.1) is 11.5 Å². The number of fused-ring (bicyclic) bond motifs is 1. The zero-order chi connectivity index (χ0) is 30.5. The highest BCUT2D eigenvalue weighted by Crippen LogP contribution is 2.49. The first-order chi connectivity index (χ1) is 18.9. The van der Waals surface area contributed by atoms with Crippen molar-refractivity contribution in [3.8, 4) is 11.8 Å². The fourth-order valence-electron chi connectivity index (χ4n) is 6.24. The third-order valence-electron chi connectivity index (χ3n) is 8.71. The number of hydrogen-bond acceptors (Lipinski definition) is 6. The van der Waals surface area contributed by atoms with E-state index >= 15 is 0 Å². The largest absolute Gasteiger partial charge is 0.508 e. The summed E-state index contributed by atoms with van der Waals surface area (Å²) in [5.74, 6) is 2.17. The molecule has 0 aliphatic heterocycles. The number of phenols is 1. The van der Waals surface area contributed by atoms with E-state index in [0.717, 1.165) is 29.3 Å². The summed E-state index contributed by atoms with van der Waals surface area (Å²) in [5, 5.41) is 25.8. The van der Waals surface area contributed by atoms with Gasteiger partial charge >= 0.3 is 0 Å². The molecule has 7 nitrogen and oxygen atoms in total. The van der Waals surface area contributed by atoms with E-state index in [4.69, 9.17) is 19.9 Å². The molecule has 1 fully saturated rings. The van der Waals surface area contributed by atoms with Crippen LogP contribution >= 0.6 is 0 Å². The summed E-state index contributed by atoms with van der Waals surface area (Å²) >= 11 is 0. The van der Waals surface area contributed by atoms with Crippen LogP contribution in [0.5, 0.6) is 5.75 Å². The first-order valence-electron chi connectivity index (χ1n) is 14.8. The zero-order valence-electron chi connectivity index (χ0n) is 26.8. The molecule has 0 amide bonds. The average Bonchev–Trinajstić information content (AvgIpc) is 3.38. The Morgan fingerprint density at radius 1 is 1.05 bits per heavy atom. The lowest BCUT2D eigenvalue weighted by molar-refractivity contribution is -0.367. The van der Waals surface area contributed by atoms with Gasteiger partial charge in [-0.1, -0.05) is 75.3 Å². The van der Waals surface area contributed by atoms with Crippen LogP contribution in [0.15, 0.2) is 18.2 Å². The summed E-state index contributed by atoms with van der Waals surface area (Å²) in [6.45, 7) is 24.3. The average molecular weight is 561 g/mol. The molecule has 1 saturated carbocycles. The monoisotopic (exact) mass is 560 g/mol. The fraction of sp³-hybridized carbons (Fsp3) is 0.618. The molecular weight excluding hydrogens is 512 g/mol.